The highest BCUT2D eigenvalue weighted by atomic mass is 16.3. The summed E-state index contributed by atoms with van der Waals surface area (Å²) in [6.07, 6.45) is 9.64. The number of para-hydroxylation sites is 2. The number of aryl methyl sites for hydroxylation is 1. The van der Waals surface area contributed by atoms with Crippen LogP contribution in [0.3, 0.4) is 0 Å². The van der Waals surface area contributed by atoms with Crippen molar-refractivity contribution in [1.82, 2.24) is 0 Å². The molecule has 6 aliphatic rings. The lowest BCUT2D eigenvalue weighted by atomic mass is 9.33. The minimum atomic E-state index is -0.0379. The van der Waals surface area contributed by atoms with Crippen LogP contribution in [0.4, 0.5) is 45.5 Å². The Morgan fingerprint density at radius 2 is 1.06 bits per heavy atom. The number of hydrogen-bond acceptors (Lipinski definition) is 4. The molecule has 7 aromatic carbocycles. The van der Waals surface area contributed by atoms with Gasteiger partial charge in [-0.05, 0) is 191 Å². The van der Waals surface area contributed by atoms with E-state index in [1.54, 1.807) is 0 Å². The first kappa shape index (κ1) is 44.5. The van der Waals surface area contributed by atoms with Crippen LogP contribution in [0.15, 0.2) is 132 Å². The van der Waals surface area contributed by atoms with Crippen molar-refractivity contribution in [1.29, 1.82) is 0 Å². The van der Waals surface area contributed by atoms with Crippen molar-refractivity contribution in [3.8, 4) is 0 Å². The Kier molecular flexibility index (Phi) is 8.97. The average molecular weight is 944 g/mol. The third-order valence-electron chi connectivity index (χ3n) is 20.2. The van der Waals surface area contributed by atoms with Gasteiger partial charge < -0.3 is 19.1 Å². The molecule has 0 bridgehead atoms. The lowest BCUT2D eigenvalue weighted by Gasteiger charge is -2.53. The maximum Gasteiger partial charge on any atom is 0.252 e. The van der Waals surface area contributed by atoms with Crippen molar-refractivity contribution < 1.29 is 4.42 Å². The monoisotopic (exact) mass is 944 g/mol. The van der Waals surface area contributed by atoms with Gasteiger partial charge in [0, 0.05) is 50.6 Å². The van der Waals surface area contributed by atoms with E-state index in [9.17, 15) is 0 Å². The Bertz CT molecular complexity index is 3570. The molecule has 0 N–H and O–H groups in total. The molecule has 0 saturated heterocycles. The molecule has 4 heterocycles. The molecule has 5 heteroatoms. The average Bonchev–Trinajstić information content (AvgIpc) is 3.84. The topological polar surface area (TPSA) is 22.9 Å². The number of fused-ring (bicyclic) bond motifs is 12. The molecule has 1 aromatic heterocycles. The van der Waals surface area contributed by atoms with E-state index in [0.29, 0.717) is 0 Å². The highest BCUT2D eigenvalue weighted by Crippen LogP contribution is 2.62. The van der Waals surface area contributed by atoms with Crippen LogP contribution in [0.25, 0.3) is 21.9 Å². The van der Waals surface area contributed by atoms with E-state index < -0.39 is 0 Å². The molecule has 1 saturated carbocycles. The quantitative estimate of drug-likeness (QED) is 0.164. The first-order chi connectivity index (χ1) is 34.3. The van der Waals surface area contributed by atoms with Crippen molar-refractivity contribution in [3.05, 3.63) is 161 Å². The Morgan fingerprint density at radius 1 is 0.472 bits per heavy atom. The fraction of sp³-hybridized carbons (Fsp3) is 0.373. The van der Waals surface area contributed by atoms with Crippen LogP contribution in [-0.2, 0) is 27.1 Å². The number of hydrogen-bond donors (Lipinski definition) is 0. The van der Waals surface area contributed by atoms with Crippen LogP contribution in [0.2, 0.25) is 0 Å². The second-order valence-electron chi connectivity index (χ2n) is 26.2. The van der Waals surface area contributed by atoms with E-state index in [2.05, 4.69) is 218 Å². The highest BCUT2D eigenvalue weighted by Gasteiger charge is 2.61. The van der Waals surface area contributed by atoms with Gasteiger partial charge in [-0.25, -0.2) is 0 Å². The third-order valence-corrected chi connectivity index (χ3v) is 20.2. The van der Waals surface area contributed by atoms with Gasteiger partial charge in [0.05, 0.1) is 16.6 Å². The summed E-state index contributed by atoms with van der Waals surface area (Å²) in [5.74, 6) is 0. The predicted molar refractivity (Wildman–Crippen MR) is 306 cm³/mol. The lowest BCUT2D eigenvalue weighted by Crippen LogP contribution is -2.64. The minimum Gasteiger partial charge on any atom is -0.456 e. The SMILES string of the molecule is Cc1cc2c3c(c1)N1c4c(cccc4C4(C)CCCCC14C)B3c1ccc(N(c3ccc4c(c3)C(C)(C)CCC4(C)C)c3ccc4c(c3)C(C)(C)CCC4(C)C)cc1N2c1cccc2oc3ccccc3c12. The van der Waals surface area contributed by atoms with Crippen LogP contribution in [-0.4, -0.2) is 12.3 Å². The van der Waals surface area contributed by atoms with Gasteiger partial charge >= 0.3 is 0 Å². The summed E-state index contributed by atoms with van der Waals surface area (Å²) in [6.45, 7) is 27.2. The van der Waals surface area contributed by atoms with Crippen molar-refractivity contribution in [2.45, 2.75) is 160 Å². The first-order valence-corrected chi connectivity index (χ1v) is 27.3. The summed E-state index contributed by atoms with van der Waals surface area (Å²) in [5.41, 5.74) is 25.2. The van der Waals surface area contributed by atoms with E-state index in [4.69, 9.17) is 4.42 Å². The minimum absolute atomic E-state index is 0.0379. The summed E-state index contributed by atoms with van der Waals surface area (Å²) >= 11 is 0. The molecule has 14 rings (SSSR count). The molecule has 1 fully saturated rings. The molecule has 0 spiro atoms. The van der Waals surface area contributed by atoms with Gasteiger partial charge in [0.25, 0.3) is 6.71 Å². The molecule has 362 valence electrons. The van der Waals surface area contributed by atoms with Crippen LogP contribution in [0.5, 0.6) is 0 Å². The number of nitrogens with zero attached hydrogens (tertiary/aromatic N) is 3. The molecule has 3 aliphatic heterocycles. The van der Waals surface area contributed by atoms with Crippen LogP contribution >= 0.6 is 0 Å². The van der Waals surface area contributed by atoms with Crippen LogP contribution < -0.4 is 31.1 Å². The summed E-state index contributed by atoms with van der Waals surface area (Å²) in [7, 11) is 0. The summed E-state index contributed by atoms with van der Waals surface area (Å²) in [4.78, 5) is 8.10. The molecule has 4 nitrogen and oxygen atoms in total. The molecule has 2 unspecified atom stereocenters. The second kappa shape index (κ2) is 14.5. The molecular weight excluding hydrogens is 874 g/mol. The van der Waals surface area contributed by atoms with E-state index in [-0.39, 0.29) is 39.3 Å². The molecule has 0 amide bonds. The summed E-state index contributed by atoms with van der Waals surface area (Å²) < 4.78 is 6.72. The Hall–Kier alpha value is -6.20. The van der Waals surface area contributed by atoms with Crippen LogP contribution in [0, 0.1) is 6.92 Å². The fourth-order valence-corrected chi connectivity index (χ4v) is 15.6. The standard InChI is InChI=1S/C67H70BN3O/c1-41-36-55-60-56(37-41)71-61-48(66(10)30-14-15-31-67(66,71)11)19-16-20-52(61)68(60)51-29-26-44(40-54(51)70(55)53-21-17-23-58-59(53)45-18-12-13-22-57(45)72-58)69(42-24-27-46-49(38-42)64(6,7)34-32-62(46,2)3)43-25-28-47-50(39-43)65(8,9)35-33-63(47,4)5/h12-13,16-29,36-40H,14-15,30-35H2,1-11H3. The zero-order chi connectivity index (χ0) is 49.6. The second-order valence-corrected chi connectivity index (χ2v) is 26.2. The predicted octanol–water partition coefficient (Wildman–Crippen LogP) is 16.4. The van der Waals surface area contributed by atoms with Gasteiger partial charge in [-0.1, -0.05) is 136 Å². The van der Waals surface area contributed by atoms with Crippen molar-refractivity contribution >= 4 is 90.5 Å². The normalized spacial score (nSPS) is 23.2. The molecule has 0 radical (unpaired) electrons. The lowest BCUT2D eigenvalue weighted by molar-refractivity contribution is 0.195. The van der Waals surface area contributed by atoms with Crippen LogP contribution in [0.1, 0.15) is 154 Å². The molecular formula is C67H70BN3O. The molecule has 8 aromatic rings. The first-order valence-electron chi connectivity index (χ1n) is 27.3. The van der Waals surface area contributed by atoms with E-state index in [1.165, 1.54) is 141 Å². The number of anilines is 8. The van der Waals surface area contributed by atoms with Gasteiger partial charge in [0.15, 0.2) is 0 Å². The Balaban J connectivity index is 1.07. The highest BCUT2D eigenvalue weighted by molar-refractivity contribution is 7.00. The number of rotatable bonds is 4. The maximum absolute atomic E-state index is 6.72. The van der Waals surface area contributed by atoms with Gasteiger partial charge in [0.2, 0.25) is 0 Å². The Labute approximate surface area is 428 Å². The smallest absolute Gasteiger partial charge is 0.252 e. The van der Waals surface area contributed by atoms with E-state index in [0.717, 1.165) is 27.6 Å². The Morgan fingerprint density at radius 3 is 1.75 bits per heavy atom. The summed E-state index contributed by atoms with van der Waals surface area (Å²) in [6, 6.07) is 50.2. The summed E-state index contributed by atoms with van der Waals surface area (Å²) in [5, 5.41) is 2.30. The molecule has 3 aliphatic carbocycles. The van der Waals surface area contributed by atoms with Gasteiger partial charge in [-0.15, -0.1) is 0 Å². The number of benzene rings is 7. The maximum atomic E-state index is 6.72. The van der Waals surface area contributed by atoms with Crippen molar-refractivity contribution in [2.75, 3.05) is 14.7 Å². The molecule has 72 heavy (non-hydrogen) atoms. The van der Waals surface area contributed by atoms with Crippen molar-refractivity contribution in [3.63, 3.8) is 0 Å². The third kappa shape index (κ3) is 5.83. The zero-order valence-corrected chi connectivity index (χ0v) is 44.6. The van der Waals surface area contributed by atoms with Gasteiger partial charge in [0.1, 0.15) is 11.2 Å². The van der Waals surface area contributed by atoms with Gasteiger partial charge in [-0.2, -0.15) is 0 Å². The largest absolute Gasteiger partial charge is 0.456 e. The van der Waals surface area contributed by atoms with Crippen molar-refractivity contribution in [2.24, 2.45) is 0 Å². The molecule has 2 atom stereocenters. The fourth-order valence-electron chi connectivity index (χ4n) is 15.6. The zero-order valence-electron chi connectivity index (χ0n) is 44.6. The van der Waals surface area contributed by atoms with E-state index in [1.807, 2.05) is 0 Å². The number of furan rings is 1. The van der Waals surface area contributed by atoms with E-state index >= 15 is 0 Å². The van der Waals surface area contributed by atoms with Gasteiger partial charge in [-0.3, -0.25) is 0 Å².